The molecule has 1 saturated heterocycles. The van der Waals surface area contributed by atoms with Crippen molar-refractivity contribution in [1.82, 2.24) is 20.2 Å². The summed E-state index contributed by atoms with van der Waals surface area (Å²) in [5.74, 6) is -1.94. The highest BCUT2D eigenvalue weighted by atomic mass is 19.4. The summed E-state index contributed by atoms with van der Waals surface area (Å²) in [6, 6.07) is -2.19. The Morgan fingerprint density at radius 3 is 2.41 bits per heavy atom. The molecule has 2 unspecified atom stereocenters. The Hall–Kier alpha value is -1.82. The molecule has 0 aromatic carbocycles. The number of hydrogen-bond donors (Lipinski definition) is 2. The summed E-state index contributed by atoms with van der Waals surface area (Å²) in [4.78, 5) is 11.5. The van der Waals surface area contributed by atoms with Crippen molar-refractivity contribution in [2.45, 2.75) is 23.9 Å². The van der Waals surface area contributed by atoms with Gasteiger partial charge in [-0.05, 0) is 6.07 Å². The normalized spacial score (nSPS) is 27.3. The summed E-state index contributed by atoms with van der Waals surface area (Å²) in [5, 5.41) is 13.1. The number of aliphatic carboxylic acids is 1. The van der Waals surface area contributed by atoms with Crippen LogP contribution in [-0.4, -0.2) is 51.7 Å². The first-order valence-corrected chi connectivity index (χ1v) is 5.80. The van der Waals surface area contributed by atoms with E-state index in [1.165, 1.54) is 0 Å². The molecule has 0 saturated carbocycles. The van der Waals surface area contributed by atoms with Gasteiger partial charge in [0, 0.05) is 13.2 Å². The van der Waals surface area contributed by atoms with E-state index in [0.717, 1.165) is 12.1 Å². The van der Waals surface area contributed by atoms with Gasteiger partial charge in [0.2, 0.25) is 0 Å². The molecule has 1 aromatic rings. The van der Waals surface area contributed by atoms with E-state index in [0.29, 0.717) is 12.3 Å². The molecule has 1 aromatic heterocycles. The van der Waals surface area contributed by atoms with E-state index in [9.17, 15) is 36.2 Å². The van der Waals surface area contributed by atoms with E-state index < -0.39 is 42.1 Å². The maximum absolute atomic E-state index is 13.1. The number of likely N-dealkylation sites (N-methyl/N-ethyl adjacent to an activating group) is 1. The third kappa shape index (κ3) is 2.52. The molecule has 0 spiro atoms. The zero-order valence-corrected chi connectivity index (χ0v) is 10.9. The first kappa shape index (κ1) is 16.5. The largest absolute Gasteiger partial charge is 0.479 e. The van der Waals surface area contributed by atoms with Crippen LogP contribution >= 0.6 is 0 Å². The number of carboxylic acids is 1. The SMILES string of the molecule is CN1CC(C(=O)O)(n2ccc(C(F)(F)F)n2)C(C(F)(F)F)N1. The minimum Gasteiger partial charge on any atom is -0.479 e. The van der Waals surface area contributed by atoms with Gasteiger partial charge in [0.05, 0.1) is 6.54 Å². The molecule has 1 aliphatic rings. The van der Waals surface area contributed by atoms with Crippen molar-refractivity contribution in [3.05, 3.63) is 18.0 Å². The summed E-state index contributed by atoms with van der Waals surface area (Å²) in [6.07, 6.45) is -9.32. The molecule has 0 amide bonds. The van der Waals surface area contributed by atoms with Crippen molar-refractivity contribution in [3.63, 3.8) is 0 Å². The van der Waals surface area contributed by atoms with Crippen LogP contribution in [0.3, 0.4) is 0 Å². The molecule has 2 N–H and O–H groups in total. The van der Waals surface area contributed by atoms with Crippen molar-refractivity contribution in [3.8, 4) is 0 Å². The minimum atomic E-state index is -5.01. The van der Waals surface area contributed by atoms with Crippen molar-refractivity contribution >= 4 is 5.97 Å². The van der Waals surface area contributed by atoms with Crippen LogP contribution in [0.15, 0.2) is 12.3 Å². The molecule has 124 valence electrons. The van der Waals surface area contributed by atoms with E-state index in [2.05, 4.69) is 5.10 Å². The topological polar surface area (TPSA) is 70.4 Å². The van der Waals surface area contributed by atoms with Gasteiger partial charge in [-0.2, -0.15) is 31.4 Å². The molecular formula is C10H10F6N4O2. The number of rotatable bonds is 2. The third-order valence-corrected chi connectivity index (χ3v) is 3.29. The third-order valence-electron chi connectivity index (χ3n) is 3.29. The maximum Gasteiger partial charge on any atom is 0.435 e. The van der Waals surface area contributed by atoms with Crippen molar-refractivity contribution in [2.75, 3.05) is 13.6 Å². The highest BCUT2D eigenvalue weighted by Crippen LogP contribution is 2.38. The van der Waals surface area contributed by atoms with Gasteiger partial charge in [-0.1, -0.05) is 0 Å². The van der Waals surface area contributed by atoms with E-state index in [-0.39, 0.29) is 4.68 Å². The average molecular weight is 332 g/mol. The van der Waals surface area contributed by atoms with Crippen LogP contribution in [-0.2, 0) is 16.5 Å². The number of alkyl halides is 6. The van der Waals surface area contributed by atoms with E-state index in [1.54, 1.807) is 0 Å². The van der Waals surface area contributed by atoms with Gasteiger partial charge in [0.1, 0.15) is 0 Å². The molecule has 2 heterocycles. The van der Waals surface area contributed by atoms with Crippen LogP contribution in [0.1, 0.15) is 5.69 Å². The lowest BCUT2D eigenvalue weighted by molar-refractivity contribution is -0.187. The summed E-state index contributed by atoms with van der Waals surface area (Å²) in [7, 11) is 1.15. The Bertz CT molecular complexity index is 583. The van der Waals surface area contributed by atoms with Crippen LogP contribution in [0.5, 0.6) is 0 Å². The van der Waals surface area contributed by atoms with Gasteiger partial charge in [0.15, 0.2) is 17.3 Å². The molecule has 22 heavy (non-hydrogen) atoms. The summed E-state index contributed by atoms with van der Waals surface area (Å²) in [5.41, 5.74) is -2.31. The first-order valence-electron chi connectivity index (χ1n) is 5.80. The monoisotopic (exact) mass is 332 g/mol. The number of nitrogens with one attached hydrogen (secondary N) is 1. The number of nitrogens with zero attached hydrogens (tertiary/aromatic N) is 3. The lowest BCUT2D eigenvalue weighted by atomic mass is 9.91. The molecule has 0 aliphatic carbocycles. The standard InChI is InChI=1S/C10H10F6N4O2/c1-19-4-8(7(21)22,6(18-19)10(14,15)16)20-3-2-5(17-20)9(11,12)13/h2-3,6,18H,4H2,1H3,(H,21,22). The van der Waals surface area contributed by atoms with E-state index in [1.807, 2.05) is 5.43 Å². The molecule has 0 bridgehead atoms. The quantitative estimate of drug-likeness (QED) is 0.793. The maximum atomic E-state index is 13.1. The number of aromatic nitrogens is 2. The number of halogens is 6. The van der Waals surface area contributed by atoms with Crippen LogP contribution in [0.2, 0.25) is 0 Å². The summed E-state index contributed by atoms with van der Waals surface area (Å²) >= 11 is 0. The Labute approximate surface area is 119 Å². The lowest BCUT2D eigenvalue weighted by Gasteiger charge is -2.31. The number of carbonyl (C=O) groups is 1. The second-order valence-electron chi connectivity index (χ2n) is 4.83. The van der Waals surface area contributed by atoms with Crippen LogP contribution < -0.4 is 5.43 Å². The van der Waals surface area contributed by atoms with Gasteiger partial charge in [-0.15, -0.1) is 0 Å². The molecule has 2 atom stereocenters. The van der Waals surface area contributed by atoms with E-state index in [4.69, 9.17) is 0 Å². The second-order valence-corrected chi connectivity index (χ2v) is 4.83. The van der Waals surface area contributed by atoms with Crippen LogP contribution in [0.25, 0.3) is 0 Å². The molecule has 1 fully saturated rings. The molecule has 6 nitrogen and oxygen atoms in total. The van der Waals surface area contributed by atoms with Crippen LogP contribution in [0, 0.1) is 0 Å². The summed E-state index contributed by atoms with van der Waals surface area (Å²) in [6.45, 7) is -0.717. The van der Waals surface area contributed by atoms with Crippen molar-refractivity contribution < 1.29 is 36.2 Å². The fourth-order valence-corrected chi connectivity index (χ4v) is 2.36. The van der Waals surface area contributed by atoms with Gasteiger partial charge >= 0.3 is 18.3 Å². The van der Waals surface area contributed by atoms with Gasteiger partial charge in [0.25, 0.3) is 0 Å². The highest BCUT2D eigenvalue weighted by Gasteiger charge is 2.64. The van der Waals surface area contributed by atoms with Gasteiger partial charge in [-0.25, -0.2) is 15.2 Å². The second kappa shape index (κ2) is 4.84. The molecule has 2 rings (SSSR count). The summed E-state index contributed by atoms with van der Waals surface area (Å²) < 4.78 is 77.2. The molecule has 1 aliphatic heterocycles. The number of hydrazine groups is 1. The predicted octanol–water partition coefficient (Wildman–Crippen LogP) is 1.06. The molecule has 0 radical (unpaired) electrons. The molecular weight excluding hydrogens is 322 g/mol. The Morgan fingerprint density at radius 2 is 2.00 bits per heavy atom. The predicted molar refractivity (Wildman–Crippen MR) is 58.4 cm³/mol. The Kier molecular flexibility index (Phi) is 3.64. The Balaban J connectivity index is 2.58. The van der Waals surface area contributed by atoms with E-state index >= 15 is 0 Å². The number of carboxylic acid groups (broad SMARTS) is 1. The smallest absolute Gasteiger partial charge is 0.435 e. The lowest BCUT2D eigenvalue weighted by Crippen LogP contribution is -2.59. The fraction of sp³-hybridized carbons (Fsp3) is 0.600. The fourth-order valence-electron chi connectivity index (χ4n) is 2.36. The first-order chi connectivity index (χ1) is 9.89. The molecule has 12 heteroatoms. The highest BCUT2D eigenvalue weighted by molar-refractivity contribution is 5.79. The average Bonchev–Trinajstić information content (AvgIpc) is 2.91. The number of hydrogen-bond acceptors (Lipinski definition) is 4. The van der Waals surface area contributed by atoms with Gasteiger partial charge in [-0.3, -0.25) is 4.68 Å². The van der Waals surface area contributed by atoms with Crippen molar-refractivity contribution in [1.29, 1.82) is 0 Å². The van der Waals surface area contributed by atoms with Crippen molar-refractivity contribution in [2.24, 2.45) is 0 Å². The Morgan fingerprint density at radius 1 is 1.41 bits per heavy atom. The zero-order chi connectivity index (χ0) is 16.9. The minimum absolute atomic E-state index is 0.201. The zero-order valence-electron chi connectivity index (χ0n) is 10.9. The van der Waals surface area contributed by atoms with Crippen LogP contribution in [0.4, 0.5) is 26.3 Å². The van der Waals surface area contributed by atoms with Gasteiger partial charge < -0.3 is 5.11 Å².